The molecule has 5 nitrogen and oxygen atoms in total. The van der Waals surface area contributed by atoms with Gasteiger partial charge in [0.15, 0.2) is 11.5 Å². The highest BCUT2D eigenvalue weighted by Gasteiger charge is 2.21. The number of nitrogens with one attached hydrogen (secondary N) is 1. The summed E-state index contributed by atoms with van der Waals surface area (Å²) in [5, 5.41) is 2.91. The topological polar surface area (TPSA) is 50.8 Å². The van der Waals surface area contributed by atoms with Crippen molar-refractivity contribution in [2.45, 2.75) is 12.8 Å². The molecule has 0 atom stereocenters. The molecule has 0 bridgehead atoms. The average Bonchev–Trinajstić information content (AvgIpc) is 3.26. The molecule has 1 N–H and O–H groups in total. The zero-order valence-corrected chi connectivity index (χ0v) is 12.7. The van der Waals surface area contributed by atoms with Gasteiger partial charge >= 0.3 is 0 Å². The van der Waals surface area contributed by atoms with Gasteiger partial charge in [-0.15, -0.1) is 0 Å². The van der Waals surface area contributed by atoms with Crippen molar-refractivity contribution in [1.29, 1.82) is 0 Å². The number of benzene rings is 2. The van der Waals surface area contributed by atoms with Crippen LogP contribution in [-0.2, 0) is 0 Å². The highest BCUT2D eigenvalue weighted by atomic mass is 16.7. The van der Waals surface area contributed by atoms with Crippen LogP contribution in [0.3, 0.4) is 0 Å². The van der Waals surface area contributed by atoms with Crippen molar-refractivity contribution >= 4 is 17.3 Å². The van der Waals surface area contributed by atoms with Crippen molar-refractivity contribution in [1.82, 2.24) is 0 Å². The van der Waals surface area contributed by atoms with Gasteiger partial charge in [-0.3, -0.25) is 4.79 Å². The molecule has 2 heterocycles. The Hall–Kier alpha value is -2.69. The van der Waals surface area contributed by atoms with E-state index in [2.05, 4.69) is 22.3 Å². The molecule has 0 saturated carbocycles. The number of nitrogens with zero attached hydrogens (tertiary/aromatic N) is 1. The van der Waals surface area contributed by atoms with Gasteiger partial charge in [-0.2, -0.15) is 0 Å². The lowest BCUT2D eigenvalue weighted by Crippen LogP contribution is -2.17. The Kier molecular flexibility index (Phi) is 3.54. The fourth-order valence-corrected chi connectivity index (χ4v) is 3.04. The molecule has 2 aromatic carbocycles. The molecule has 1 fully saturated rings. The van der Waals surface area contributed by atoms with Gasteiger partial charge in [-0.1, -0.05) is 6.07 Å². The Morgan fingerprint density at radius 3 is 2.57 bits per heavy atom. The largest absolute Gasteiger partial charge is 0.454 e. The van der Waals surface area contributed by atoms with Crippen LogP contribution in [0.5, 0.6) is 11.5 Å². The van der Waals surface area contributed by atoms with E-state index in [0.717, 1.165) is 18.8 Å². The number of rotatable bonds is 3. The number of carbonyl (C=O) groups excluding carboxylic acids is 1. The zero-order valence-electron chi connectivity index (χ0n) is 12.7. The minimum absolute atomic E-state index is 0.157. The zero-order chi connectivity index (χ0) is 15.6. The molecule has 0 spiro atoms. The molecule has 5 heteroatoms. The normalized spacial score (nSPS) is 15.7. The van der Waals surface area contributed by atoms with Crippen molar-refractivity contribution in [2.24, 2.45) is 0 Å². The summed E-state index contributed by atoms with van der Waals surface area (Å²) in [5.74, 6) is 0.932. The summed E-state index contributed by atoms with van der Waals surface area (Å²) in [4.78, 5) is 14.8. The summed E-state index contributed by atoms with van der Waals surface area (Å²) in [6.45, 7) is 2.38. The predicted octanol–water partition coefficient (Wildman–Crippen LogP) is 3.27. The number of anilines is 2. The molecule has 2 aliphatic heterocycles. The monoisotopic (exact) mass is 310 g/mol. The van der Waals surface area contributed by atoms with Gasteiger partial charge in [-0.05, 0) is 49.2 Å². The van der Waals surface area contributed by atoms with E-state index in [1.165, 1.54) is 18.5 Å². The quantitative estimate of drug-likeness (QED) is 0.945. The number of hydrogen-bond acceptors (Lipinski definition) is 4. The number of para-hydroxylation sites is 1. The molecule has 4 rings (SSSR count). The summed E-state index contributed by atoms with van der Waals surface area (Å²) < 4.78 is 10.7. The molecule has 2 aliphatic rings. The van der Waals surface area contributed by atoms with Crippen LogP contribution in [0.2, 0.25) is 0 Å². The maximum Gasteiger partial charge on any atom is 0.259 e. The van der Waals surface area contributed by atoms with Gasteiger partial charge < -0.3 is 19.7 Å². The number of hydrogen-bond donors (Lipinski definition) is 1. The van der Waals surface area contributed by atoms with Crippen LogP contribution in [0.25, 0.3) is 0 Å². The molecular formula is C18H18N2O3. The van der Waals surface area contributed by atoms with Crippen molar-refractivity contribution in [2.75, 3.05) is 30.1 Å². The predicted molar refractivity (Wildman–Crippen MR) is 88.4 cm³/mol. The minimum atomic E-state index is -0.193. The SMILES string of the molecule is O=C(Nc1ccc(N2CCCC2)cc1)c1cccc2c1OCO2. The maximum atomic E-state index is 12.5. The minimum Gasteiger partial charge on any atom is -0.454 e. The van der Waals surface area contributed by atoms with Crippen LogP contribution in [0.15, 0.2) is 42.5 Å². The number of carbonyl (C=O) groups is 1. The Bertz CT molecular complexity index is 722. The van der Waals surface area contributed by atoms with Crippen molar-refractivity contribution in [3.05, 3.63) is 48.0 Å². The first-order chi connectivity index (χ1) is 11.3. The molecule has 0 radical (unpaired) electrons. The van der Waals surface area contributed by atoms with Gasteiger partial charge in [0, 0.05) is 24.5 Å². The molecule has 2 aromatic rings. The standard InChI is InChI=1S/C18H18N2O3/c21-18(15-4-3-5-16-17(15)23-12-22-16)19-13-6-8-14(9-7-13)20-10-1-2-11-20/h3-9H,1-2,10-12H2,(H,19,21). The summed E-state index contributed by atoms with van der Waals surface area (Å²) in [6.07, 6.45) is 2.50. The third-order valence-electron chi connectivity index (χ3n) is 4.24. The molecular weight excluding hydrogens is 292 g/mol. The van der Waals surface area contributed by atoms with E-state index >= 15 is 0 Å². The Labute approximate surface area is 134 Å². The van der Waals surface area contributed by atoms with Gasteiger partial charge in [0.2, 0.25) is 6.79 Å². The lowest BCUT2D eigenvalue weighted by molar-refractivity contribution is 0.102. The van der Waals surface area contributed by atoms with E-state index < -0.39 is 0 Å². The molecule has 0 unspecified atom stereocenters. The molecule has 118 valence electrons. The van der Waals surface area contributed by atoms with Crippen LogP contribution in [-0.4, -0.2) is 25.8 Å². The van der Waals surface area contributed by atoms with Crippen LogP contribution in [0.1, 0.15) is 23.2 Å². The first-order valence-corrected chi connectivity index (χ1v) is 7.86. The van der Waals surface area contributed by atoms with E-state index in [9.17, 15) is 4.79 Å². The van der Waals surface area contributed by atoms with E-state index in [0.29, 0.717) is 17.1 Å². The fourth-order valence-electron chi connectivity index (χ4n) is 3.04. The van der Waals surface area contributed by atoms with Crippen molar-refractivity contribution in [3.8, 4) is 11.5 Å². The molecule has 23 heavy (non-hydrogen) atoms. The second kappa shape index (κ2) is 5.83. The second-order valence-electron chi connectivity index (χ2n) is 5.73. The highest BCUT2D eigenvalue weighted by molar-refractivity contribution is 6.06. The Balaban J connectivity index is 1.49. The molecule has 1 amide bonds. The van der Waals surface area contributed by atoms with Crippen molar-refractivity contribution in [3.63, 3.8) is 0 Å². The van der Waals surface area contributed by atoms with Crippen LogP contribution in [0, 0.1) is 0 Å². The van der Waals surface area contributed by atoms with Gasteiger partial charge in [-0.25, -0.2) is 0 Å². The fraction of sp³-hybridized carbons (Fsp3) is 0.278. The average molecular weight is 310 g/mol. The highest BCUT2D eigenvalue weighted by Crippen LogP contribution is 2.35. The van der Waals surface area contributed by atoms with E-state index in [-0.39, 0.29) is 12.7 Å². The van der Waals surface area contributed by atoms with E-state index in [1.807, 2.05) is 12.1 Å². The summed E-state index contributed by atoms with van der Waals surface area (Å²) in [5.41, 5.74) is 2.47. The first kappa shape index (κ1) is 13.9. The third-order valence-corrected chi connectivity index (χ3v) is 4.24. The van der Waals surface area contributed by atoms with Gasteiger partial charge in [0.05, 0.1) is 5.56 Å². The lowest BCUT2D eigenvalue weighted by atomic mass is 10.1. The Morgan fingerprint density at radius 2 is 1.78 bits per heavy atom. The third kappa shape index (κ3) is 2.70. The number of ether oxygens (including phenoxy) is 2. The summed E-state index contributed by atoms with van der Waals surface area (Å²) in [7, 11) is 0. The lowest BCUT2D eigenvalue weighted by Gasteiger charge is -2.17. The van der Waals surface area contributed by atoms with Gasteiger partial charge in [0.25, 0.3) is 5.91 Å². The van der Waals surface area contributed by atoms with E-state index in [4.69, 9.17) is 9.47 Å². The van der Waals surface area contributed by atoms with Crippen molar-refractivity contribution < 1.29 is 14.3 Å². The first-order valence-electron chi connectivity index (χ1n) is 7.86. The van der Waals surface area contributed by atoms with Crippen LogP contribution < -0.4 is 19.7 Å². The van der Waals surface area contributed by atoms with E-state index in [1.54, 1.807) is 18.2 Å². The van der Waals surface area contributed by atoms with Gasteiger partial charge in [0.1, 0.15) is 0 Å². The molecule has 0 aromatic heterocycles. The summed E-state index contributed by atoms with van der Waals surface area (Å²) >= 11 is 0. The number of amides is 1. The second-order valence-corrected chi connectivity index (χ2v) is 5.73. The van der Waals surface area contributed by atoms with Crippen LogP contribution in [0.4, 0.5) is 11.4 Å². The Morgan fingerprint density at radius 1 is 1.00 bits per heavy atom. The smallest absolute Gasteiger partial charge is 0.259 e. The number of fused-ring (bicyclic) bond motifs is 1. The molecule has 0 aliphatic carbocycles. The maximum absolute atomic E-state index is 12.5. The van der Waals surface area contributed by atoms with Crippen LogP contribution >= 0.6 is 0 Å². The molecule has 1 saturated heterocycles. The summed E-state index contributed by atoms with van der Waals surface area (Å²) in [6, 6.07) is 13.3.